The number of amides is 2. The minimum atomic E-state index is -0.809. The third-order valence-electron chi connectivity index (χ3n) is 5.62. The van der Waals surface area contributed by atoms with Crippen molar-refractivity contribution in [3.8, 4) is 5.75 Å². The van der Waals surface area contributed by atoms with Crippen LogP contribution in [0.2, 0.25) is 5.02 Å². The highest BCUT2D eigenvalue weighted by atomic mass is 35.5. The van der Waals surface area contributed by atoms with E-state index >= 15 is 0 Å². The normalized spacial score (nSPS) is 15.2. The summed E-state index contributed by atoms with van der Waals surface area (Å²) in [6, 6.07) is 13.8. The number of methoxy groups -OCH3 is 1. The maximum absolute atomic E-state index is 13.5. The lowest BCUT2D eigenvalue weighted by Crippen LogP contribution is -2.47. The highest BCUT2D eigenvalue weighted by Gasteiger charge is 2.32. The summed E-state index contributed by atoms with van der Waals surface area (Å²) in [6.07, 6.45) is 5.31. The Morgan fingerprint density at radius 2 is 1.84 bits per heavy atom. The van der Waals surface area contributed by atoms with Gasteiger partial charge in [0.25, 0.3) is 0 Å². The molecule has 0 spiro atoms. The molecule has 166 valence electrons. The summed E-state index contributed by atoms with van der Waals surface area (Å²) in [6.45, 7) is 0.230. The number of rotatable bonds is 8. The van der Waals surface area contributed by atoms with E-state index in [-0.39, 0.29) is 30.3 Å². The molecule has 5 nitrogen and oxygen atoms in total. The number of alkyl halides is 1. The molecule has 2 amide bonds. The average molecular weight is 463 g/mol. The smallest absolute Gasteiger partial charge is 0.247 e. The minimum absolute atomic E-state index is 0.126. The fraction of sp³-hybridized carbons (Fsp3) is 0.417. The van der Waals surface area contributed by atoms with Gasteiger partial charge in [-0.3, -0.25) is 9.59 Å². The van der Waals surface area contributed by atoms with E-state index in [1.54, 1.807) is 31.4 Å². The molecular formula is C24H28Cl2N2O3. The molecule has 3 rings (SSSR count). The number of hydrogen-bond acceptors (Lipinski definition) is 3. The maximum atomic E-state index is 13.5. The first kappa shape index (κ1) is 23.4. The second-order valence-corrected chi connectivity index (χ2v) is 8.51. The summed E-state index contributed by atoms with van der Waals surface area (Å²) >= 11 is 12.0. The number of halogens is 2. The molecule has 1 atom stereocenters. The molecule has 2 aromatic rings. The molecule has 0 saturated heterocycles. The van der Waals surface area contributed by atoms with Gasteiger partial charge in [0, 0.05) is 17.6 Å². The Hall–Kier alpha value is -2.24. The van der Waals surface area contributed by atoms with Gasteiger partial charge in [-0.1, -0.05) is 55.1 Å². The van der Waals surface area contributed by atoms with Crippen molar-refractivity contribution in [1.82, 2.24) is 10.2 Å². The Morgan fingerprint density at radius 3 is 2.48 bits per heavy atom. The number of carbonyl (C=O) groups excluding carboxylic acids is 2. The fourth-order valence-corrected chi connectivity index (χ4v) is 4.29. The number of benzene rings is 2. The SMILES string of the molecule is COc1cccc(CN(C(=O)CCl)[C@H](C(=O)NC2CCCCC2)c2ccc(Cl)cc2)c1. The van der Waals surface area contributed by atoms with Crippen molar-refractivity contribution in [1.29, 1.82) is 0 Å². The van der Waals surface area contributed by atoms with Crippen molar-refractivity contribution in [3.63, 3.8) is 0 Å². The molecule has 2 aromatic carbocycles. The Morgan fingerprint density at radius 1 is 1.13 bits per heavy atom. The lowest BCUT2D eigenvalue weighted by atomic mass is 9.94. The van der Waals surface area contributed by atoms with E-state index in [0.717, 1.165) is 31.2 Å². The molecule has 0 bridgehead atoms. The van der Waals surface area contributed by atoms with Gasteiger partial charge >= 0.3 is 0 Å². The zero-order valence-electron chi connectivity index (χ0n) is 17.7. The van der Waals surface area contributed by atoms with Crippen LogP contribution in [0.25, 0.3) is 0 Å². The van der Waals surface area contributed by atoms with E-state index < -0.39 is 6.04 Å². The van der Waals surface area contributed by atoms with Crippen LogP contribution in [0.5, 0.6) is 5.75 Å². The Balaban J connectivity index is 1.94. The fourth-order valence-electron chi connectivity index (χ4n) is 4.01. The highest BCUT2D eigenvalue weighted by Crippen LogP contribution is 2.28. The average Bonchev–Trinajstić information content (AvgIpc) is 2.80. The molecular weight excluding hydrogens is 435 g/mol. The molecule has 1 fully saturated rings. The second kappa shape index (κ2) is 11.4. The lowest BCUT2D eigenvalue weighted by molar-refractivity contribution is -0.140. The van der Waals surface area contributed by atoms with Gasteiger partial charge in [0.2, 0.25) is 11.8 Å². The van der Waals surface area contributed by atoms with Crippen LogP contribution in [0.1, 0.15) is 49.3 Å². The van der Waals surface area contributed by atoms with E-state index in [1.807, 2.05) is 24.3 Å². The first-order valence-electron chi connectivity index (χ1n) is 10.6. The molecule has 1 aliphatic carbocycles. The van der Waals surface area contributed by atoms with Gasteiger partial charge in [0.05, 0.1) is 7.11 Å². The van der Waals surface area contributed by atoms with Crippen LogP contribution in [-0.4, -0.2) is 35.7 Å². The molecule has 7 heteroatoms. The molecule has 1 saturated carbocycles. The van der Waals surface area contributed by atoms with E-state index in [9.17, 15) is 9.59 Å². The van der Waals surface area contributed by atoms with Gasteiger partial charge in [0.1, 0.15) is 17.7 Å². The number of ether oxygens (including phenoxy) is 1. The quantitative estimate of drug-likeness (QED) is 0.554. The minimum Gasteiger partial charge on any atom is -0.497 e. The summed E-state index contributed by atoms with van der Waals surface area (Å²) in [5.74, 6) is -0.0469. The zero-order chi connectivity index (χ0) is 22.2. The topological polar surface area (TPSA) is 58.6 Å². The van der Waals surface area contributed by atoms with Crippen molar-refractivity contribution in [2.75, 3.05) is 13.0 Å². The van der Waals surface area contributed by atoms with Gasteiger partial charge in [0.15, 0.2) is 0 Å². The van der Waals surface area contributed by atoms with Gasteiger partial charge in [-0.15, -0.1) is 11.6 Å². The van der Waals surface area contributed by atoms with Gasteiger partial charge in [-0.25, -0.2) is 0 Å². The summed E-state index contributed by atoms with van der Waals surface area (Å²) in [5, 5.41) is 3.73. The van der Waals surface area contributed by atoms with E-state index in [0.29, 0.717) is 16.3 Å². The van der Waals surface area contributed by atoms with Crippen LogP contribution >= 0.6 is 23.2 Å². The standard InChI is InChI=1S/C24H28Cl2N2O3/c1-31-21-9-5-6-17(14-21)16-28(22(29)15-25)23(18-10-12-19(26)13-11-18)24(30)27-20-7-3-2-4-8-20/h5-6,9-14,20,23H,2-4,7-8,15-16H2,1H3,(H,27,30)/t23-/m0/s1. The van der Waals surface area contributed by atoms with Crippen molar-refractivity contribution < 1.29 is 14.3 Å². The molecule has 31 heavy (non-hydrogen) atoms. The number of hydrogen-bond donors (Lipinski definition) is 1. The van der Waals surface area contributed by atoms with Gasteiger partial charge in [-0.2, -0.15) is 0 Å². The first-order valence-corrected chi connectivity index (χ1v) is 11.5. The monoisotopic (exact) mass is 462 g/mol. The first-order chi connectivity index (χ1) is 15.0. The van der Waals surface area contributed by atoms with Crippen LogP contribution in [0.3, 0.4) is 0 Å². The zero-order valence-corrected chi connectivity index (χ0v) is 19.2. The van der Waals surface area contributed by atoms with Crippen molar-refractivity contribution in [2.24, 2.45) is 0 Å². The second-order valence-electron chi connectivity index (χ2n) is 7.80. The van der Waals surface area contributed by atoms with Gasteiger partial charge in [-0.05, 0) is 48.2 Å². The highest BCUT2D eigenvalue weighted by molar-refractivity contribution is 6.30. The van der Waals surface area contributed by atoms with E-state index in [4.69, 9.17) is 27.9 Å². The van der Waals surface area contributed by atoms with Crippen molar-refractivity contribution >= 4 is 35.0 Å². The largest absolute Gasteiger partial charge is 0.497 e. The molecule has 0 unspecified atom stereocenters. The Bertz CT molecular complexity index is 883. The number of carbonyl (C=O) groups is 2. The molecule has 1 aliphatic rings. The molecule has 0 heterocycles. The van der Waals surface area contributed by atoms with E-state index in [1.165, 1.54) is 11.3 Å². The number of nitrogens with zero attached hydrogens (tertiary/aromatic N) is 1. The van der Waals surface area contributed by atoms with Crippen molar-refractivity contribution in [3.05, 3.63) is 64.7 Å². The maximum Gasteiger partial charge on any atom is 0.247 e. The Labute approximate surface area is 193 Å². The summed E-state index contributed by atoms with van der Waals surface area (Å²) in [5.41, 5.74) is 1.54. The van der Waals surface area contributed by atoms with Crippen LogP contribution in [0, 0.1) is 0 Å². The third kappa shape index (κ3) is 6.37. The summed E-state index contributed by atoms with van der Waals surface area (Å²) in [4.78, 5) is 27.9. The predicted molar refractivity (Wildman–Crippen MR) is 123 cm³/mol. The number of nitrogens with one attached hydrogen (secondary N) is 1. The molecule has 0 radical (unpaired) electrons. The van der Waals surface area contributed by atoms with Crippen LogP contribution < -0.4 is 10.1 Å². The lowest BCUT2D eigenvalue weighted by Gasteiger charge is -2.33. The van der Waals surface area contributed by atoms with Crippen LogP contribution in [0.4, 0.5) is 0 Å². The predicted octanol–water partition coefficient (Wildman–Crippen LogP) is 5.11. The van der Waals surface area contributed by atoms with Crippen LogP contribution in [-0.2, 0) is 16.1 Å². The third-order valence-corrected chi connectivity index (χ3v) is 6.10. The van der Waals surface area contributed by atoms with Crippen LogP contribution in [0.15, 0.2) is 48.5 Å². The molecule has 0 aliphatic heterocycles. The van der Waals surface area contributed by atoms with Gasteiger partial charge < -0.3 is 15.0 Å². The summed E-state index contributed by atoms with van der Waals surface area (Å²) < 4.78 is 5.31. The van der Waals surface area contributed by atoms with E-state index in [2.05, 4.69) is 5.32 Å². The summed E-state index contributed by atoms with van der Waals surface area (Å²) in [7, 11) is 1.59. The van der Waals surface area contributed by atoms with Crippen molar-refractivity contribution in [2.45, 2.75) is 50.7 Å². The molecule has 1 N–H and O–H groups in total. The molecule has 0 aromatic heterocycles. The Kier molecular flexibility index (Phi) is 8.61.